The van der Waals surface area contributed by atoms with Gasteiger partial charge in [0.05, 0.1) is 32.5 Å². The molecule has 0 spiro atoms. The SMILES string of the molecule is O=C(NC1CCCNC1)c1sc2nccc3c2c1NC(=O)N3c1ccc(Cl)c(Cl)c1. The minimum absolute atomic E-state index is 0.0723. The first-order chi connectivity index (χ1) is 14.5. The third kappa shape index (κ3) is 3.30. The lowest BCUT2D eigenvalue weighted by Gasteiger charge is -2.29. The number of nitrogens with zero attached hydrogens (tertiary/aromatic N) is 2. The molecule has 7 nitrogen and oxygen atoms in total. The third-order valence-electron chi connectivity index (χ3n) is 5.25. The number of pyridine rings is 1. The largest absolute Gasteiger partial charge is 0.347 e. The van der Waals surface area contributed by atoms with Crippen molar-refractivity contribution in [2.45, 2.75) is 18.9 Å². The summed E-state index contributed by atoms with van der Waals surface area (Å²) in [6, 6.07) is 6.46. The number of aromatic nitrogens is 1. The second-order valence-corrected chi connectivity index (χ2v) is 9.01. The molecule has 1 unspecified atom stereocenters. The average molecular weight is 462 g/mol. The molecule has 3 N–H and O–H groups in total. The lowest BCUT2D eigenvalue weighted by molar-refractivity contribution is 0.0935. The van der Waals surface area contributed by atoms with Crippen molar-refractivity contribution in [3.05, 3.63) is 45.4 Å². The minimum atomic E-state index is -0.375. The van der Waals surface area contributed by atoms with Gasteiger partial charge in [0, 0.05) is 18.8 Å². The van der Waals surface area contributed by atoms with Gasteiger partial charge in [-0.2, -0.15) is 0 Å². The van der Waals surface area contributed by atoms with Crippen molar-refractivity contribution in [1.82, 2.24) is 15.6 Å². The number of nitrogens with one attached hydrogen (secondary N) is 3. The Hall–Kier alpha value is -2.39. The Balaban J connectivity index is 1.57. The standard InChI is InChI=1S/C20H17Cl2N5O2S/c21-12-4-3-11(8-13(12)22)27-14-5-7-24-19-15(14)16(26-20(27)29)17(30-19)18(28)25-10-2-1-6-23-9-10/h3-5,7-8,10,23H,1-2,6,9H2,(H,25,28)(H,26,29). The van der Waals surface area contributed by atoms with E-state index in [1.54, 1.807) is 30.5 Å². The van der Waals surface area contributed by atoms with Crippen LogP contribution in [0.5, 0.6) is 0 Å². The second-order valence-electron chi connectivity index (χ2n) is 7.20. The predicted octanol–water partition coefficient (Wildman–Crippen LogP) is 4.77. The Morgan fingerprint density at radius 3 is 2.90 bits per heavy atom. The van der Waals surface area contributed by atoms with Crippen LogP contribution in [0.1, 0.15) is 22.5 Å². The Morgan fingerprint density at radius 2 is 2.13 bits per heavy atom. The number of carbonyl (C=O) groups excluding carboxylic acids is 2. The maximum absolute atomic E-state index is 13.0. The second kappa shape index (κ2) is 7.70. The number of rotatable bonds is 3. The fraction of sp³-hybridized carbons (Fsp3) is 0.250. The van der Waals surface area contributed by atoms with Crippen LogP contribution in [0.15, 0.2) is 30.5 Å². The summed E-state index contributed by atoms with van der Waals surface area (Å²) >= 11 is 13.5. The van der Waals surface area contributed by atoms with Gasteiger partial charge in [0.25, 0.3) is 5.91 Å². The number of amides is 3. The number of benzene rings is 1. The first-order valence-electron chi connectivity index (χ1n) is 9.52. The summed E-state index contributed by atoms with van der Waals surface area (Å²) in [5.74, 6) is -0.198. The van der Waals surface area contributed by atoms with Crippen LogP contribution < -0.4 is 20.9 Å². The quantitative estimate of drug-likeness (QED) is 0.524. The van der Waals surface area contributed by atoms with Crippen LogP contribution in [0.3, 0.4) is 0 Å². The zero-order valence-corrected chi connectivity index (χ0v) is 18.0. The van der Waals surface area contributed by atoms with E-state index < -0.39 is 0 Å². The monoisotopic (exact) mass is 461 g/mol. The first kappa shape index (κ1) is 19.6. The van der Waals surface area contributed by atoms with Crippen molar-refractivity contribution in [2.24, 2.45) is 0 Å². The van der Waals surface area contributed by atoms with E-state index >= 15 is 0 Å². The number of urea groups is 1. The number of carbonyl (C=O) groups is 2. The van der Waals surface area contributed by atoms with Crippen molar-refractivity contribution < 1.29 is 9.59 Å². The molecule has 10 heteroatoms. The minimum Gasteiger partial charge on any atom is -0.347 e. The summed E-state index contributed by atoms with van der Waals surface area (Å²) in [7, 11) is 0. The molecule has 2 aliphatic heterocycles. The fourth-order valence-electron chi connectivity index (χ4n) is 3.85. The summed E-state index contributed by atoms with van der Waals surface area (Å²) in [6.07, 6.45) is 3.58. The van der Waals surface area contributed by atoms with Crippen LogP contribution in [0, 0.1) is 0 Å². The van der Waals surface area contributed by atoms with Crippen LogP contribution in [0.2, 0.25) is 10.0 Å². The zero-order valence-electron chi connectivity index (χ0n) is 15.7. The van der Waals surface area contributed by atoms with Crippen LogP contribution in [0.25, 0.3) is 10.2 Å². The van der Waals surface area contributed by atoms with Gasteiger partial charge in [-0.15, -0.1) is 11.3 Å². The van der Waals surface area contributed by atoms with Gasteiger partial charge in [0.2, 0.25) is 0 Å². The number of hydrogen-bond donors (Lipinski definition) is 3. The Labute approximate surface area is 186 Å². The van der Waals surface area contributed by atoms with E-state index in [1.165, 1.54) is 16.2 Å². The molecule has 4 heterocycles. The highest BCUT2D eigenvalue weighted by atomic mass is 35.5. The number of anilines is 3. The van der Waals surface area contributed by atoms with Gasteiger partial charge in [-0.1, -0.05) is 23.2 Å². The molecule has 2 aromatic heterocycles. The molecule has 0 bridgehead atoms. The van der Waals surface area contributed by atoms with Crippen molar-refractivity contribution in [3.63, 3.8) is 0 Å². The number of thiophene rings is 1. The number of halogens is 2. The molecule has 154 valence electrons. The number of hydrogen-bond acceptors (Lipinski definition) is 5. The van der Waals surface area contributed by atoms with Gasteiger partial charge in [-0.3, -0.25) is 9.69 Å². The van der Waals surface area contributed by atoms with E-state index in [0.29, 0.717) is 36.8 Å². The van der Waals surface area contributed by atoms with Crippen LogP contribution in [-0.2, 0) is 0 Å². The lowest BCUT2D eigenvalue weighted by Crippen LogP contribution is -2.45. The van der Waals surface area contributed by atoms with Gasteiger partial charge in [-0.25, -0.2) is 9.78 Å². The van der Waals surface area contributed by atoms with E-state index in [9.17, 15) is 9.59 Å². The van der Waals surface area contributed by atoms with Gasteiger partial charge >= 0.3 is 6.03 Å². The molecule has 5 rings (SSSR count). The summed E-state index contributed by atoms with van der Waals surface area (Å²) in [5.41, 5.74) is 1.72. The molecule has 3 amide bonds. The molecular weight excluding hydrogens is 445 g/mol. The Kier molecular flexibility index (Phi) is 5.02. The van der Waals surface area contributed by atoms with E-state index in [2.05, 4.69) is 20.9 Å². The fourth-order valence-corrected chi connectivity index (χ4v) is 5.17. The van der Waals surface area contributed by atoms with E-state index in [0.717, 1.165) is 31.3 Å². The molecular formula is C20H17Cl2N5O2S. The van der Waals surface area contributed by atoms with E-state index in [4.69, 9.17) is 23.2 Å². The summed E-state index contributed by atoms with van der Waals surface area (Å²) < 4.78 is 0. The Bertz CT molecular complexity index is 1180. The molecule has 0 aliphatic carbocycles. The first-order valence-corrected chi connectivity index (χ1v) is 11.1. The maximum atomic E-state index is 13.0. The summed E-state index contributed by atoms with van der Waals surface area (Å²) in [6.45, 7) is 1.71. The molecule has 1 atom stereocenters. The summed E-state index contributed by atoms with van der Waals surface area (Å²) in [5, 5.41) is 10.7. The highest BCUT2D eigenvalue weighted by Crippen LogP contribution is 2.46. The summed E-state index contributed by atoms with van der Waals surface area (Å²) in [4.78, 5) is 33.1. The molecule has 1 saturated heterocycles. The normalized spacial score (nSPS) is 18.4. The van der Waals surface area contributed by atoms with Gasteiger partial charge in [-0.05, 0) is 43.7 Å². The van der Waals surface area contributed by atoms with Crippen molar-refractivity contribution in [1.29, 1.82) is 0 Å². The molecule has 30 heavy (non-hydrogen) atoms. The van der Waals surface area contributed by atoms with Crippen LogP contribution in [-0.4, -0.2) is 36.1 Å². The number of piperidine rings is 1. The van der Waals surface area contributed by atoms with E-state index in [-0.39, 0.29) is 18.0 Å². The highest BCUT2D eigenvalue weighted by Gasteiger charge is 2.33. The molecule has 2 aliphatic rings. The zero-order chi connectivity index (χ0) is 20.8. The lowest BCUT2D eigenvalue weighted by atomic mass is 10.1. The Morgan fingerprint density at radius 1 is 1.27 bits per heavy atom. The maximum Gasteiger partial charge on any atom is 0.331 e. The smallest absolute Gasteiger partial charge is 0.331 e. The van der Waals surface area contributed by atoms with Crippen molar-refractivity contribution in [2.75, 3.05) is 23.3 Å². The van der Waals surface area contributed by atoms with Crippen molar-refractivity contribution in [3.8, 4) is 0 Å². The van der Waals surface area contributed by atoms with Gasteiger partial charge in [0.15, 0.2) is 0 Å². The molecule has 1 aromatic carbocycles. The molecule has 0 saturated carbocycles. The molecule has 1 fully saturated rings. The predicted molar refractivity (Wildman–Crippen MR) is 121 cm³/mol. The van der Waals surface area contributed by atoms with Crippen LogP contribution in [0.4, 0.5) is 21.9 Å². The topological polar surface area (TPSA) is 86.4 Å². The molecule has 0 radical (unpaired) electrons. The van der Waals surface area contributed by atoms with E-state index in [1.807, 2.05) is 0 Å². The highest BCUT2D eigenvalue weighted by molar-refractivity contribution is 7.21. The van der Waals surface area contributed by atoms with Gasteiger partial charge in [0.1, 0.15) is 9.71 Å². The van der Waals surface area contributed by atoms with Crippen LogP contribution >= 0.6 is 34.5 Å². The third-order valence-corrected chi connectivity index (χ3v) is 7.08. The molecule has 3 aromatic rings. The van der Waals surface area contributed by atoms with Gasteiger partial charge < -0.3 is 16.0 Å². The average Bonchev–Trinajstić information content (AvgIpc) is 3.11. The van der Waals surface area contributed by atoms with Crippen molar-refractivity contribution >= 4 is 73.8 Å².